The van der Waals surface area contributed by atoms with Crippen LogP contribution in [0.2, 0.25) is 0 Å². The molecule has 0 bridgehead atoms. The zero-order valence-corrected chi connectivity index (χ0v) is 7.52. The Labute approximate surface area is 68.1 Å². The second kappa shape index (κ2) is 6.16. The zero-order valence-electron chi connectivity index (χ0n) is 7.52. The molecule has 0 fully saturated rings. The van der Waals surface area contributed by atoms with Crippen LogP contribution in [0.5, 0.6) is 0 Å². The van der Waals surface area contributed by atoms with E-state index in [9.17, 15) is 4.79 Å². The van der Waals surface area contributed by atoms with Crippen LogP contribution in [-0.2, 0) is 9.53 Å². The van der Waals surface area contributed by atoms with Gasteiger partial charge in [0.2, 0.25) is 0 Å². The molecule has 0 aliphatic heterocycles. The van der Waals surface area contributed by atoms with E-state index in [1.54, 1.807) is 0 Å². The van der Waals surface area contributed by atoms with E-state index in [4.69, 9.17) is 0 Å². The van der Waals surface area contributed by atoms with Crippen molar-refractivity contribution < 1.29 is 9.53 Å². The van der Waals surface area contributed by atoms with Gasteiger partial charge < -0.3 is 10.1 Å². The van der Waals surface area contributed by atoms with Crippen molar-refractivity contribution in [3.63, 3.8) is 0 Å². The number of ether oxygens (including phenoxy) is 1. The predicted molar refractivity (Wildman–Crippen MR) is 44.3 cm³/mol. The average molecular weight is 159 g/mol. The highest BCUT2D eigenvalue weighted by Gasteiger charge is 2.15. The Kier molecular flexibility index (Phi) is 5.84. The smallest absolute Gasteiger partial charge is 0.308 e. The van der Waals surface area contributed by atoms with Crippen LogP contribution in [0.15, 0.2) is 0 Å². The quantitative estimate of drug-likeness (QED) is 0.603. The van der Waals surface area contributed by atoms with Crippen molar-refractivity contribution in [3.05, 3.63) is 0 Å². The fourth-order valence-electron chi connectivity index (χ4n) is 0.974. The third kappa shape index (κ3) is 3.98. The maximum Gasteiger partial charge on any atom is 0.308 e. The van der Waals surface area contributed by atoms with Crippen LogP contribution in [-0.4, -0.2) is 26.7 Å². The lowest BCUT2D eigenvalue weighted by Crippen LogP contribution is -2.20. The number of nitrogens with one attached hydrogen (secondary N) is 1. The van der Waals surface area contributed by atoms with Gasteiger partial charge in [0, 0.05) is 0 Å². The third-order valence-electron chi connectivity index (χ3n) is 1.77. The second-order valence-electron chi connectivity index (χ2n) is 2.52. The summed E-state index contributed by atoms with van der Waals surface area (Å²) in [7, 11) is 3.31. The molecular formula is C8H17NO2. The second-order valence-corrected chi connectivity index (χ2v) is 2.52. The van der Waals surface area contributed by atoms with Crippen molar-refractivity contribution >= 4 is 5.97 Å². The monoisotopic (exact) mass is 159 g/mol. The number of hydrogen-bond acceptors (Lipinski definition) is 3. The molecule has 1 N–H and O–H groups in total. The van der Waals surface area contributed by atoms with E-state index in [1.807, 2.05) is 14.0 Å². The lowest BCUT2D eigenvalue weighted by molar-refractivity contribution is -0.145. The van der Waals surface area contributed by atoms with Gasteiger partial charge in [0.05, 0.1) is 13.0 Å². The van der Waals surface area contributed by atoms with Gasteiger partial charge in [0.25, 0.3) is 0 Å². The number of carbonyl (C=O) groups is 1. The lowest BCUT2D eigenvalue weighted by atomic mass is 10.0. The minimum Gasteiger partial charge on any atom is -0.469 e. The van der Waals surface area contributed by atoms with Crippen LogP contribution in [0.1, 0.15) is 19.8 Å². The topological polar surface area (TPSA) is 38.3 Å². The standard InChI is InChI=1S/C8H17NO2/c1-4-7(5-6-9-2)8(10)11-3/h7,9H,4-6H2,1-3H3. The predicted octanol–water partition coefficient (Wildman–Crippen LogP) is 0.795. The van der Waals surface area contributed by atoms with Crippen molar-refractivity contribution in [1.29, 1.82) is 0 Å². The minimum atomic E-state index is -0.0947. The summed E-state index contributed by atoms with van der Waals surface area (Å²) < 4.78 is 4.63. The number of hydrogen-bond donors (Lipinski definition) is 1. The van der Waals surface area contributed by atoms with Crippen LogP contribution in [0.4, 0.5) is 0 Å². The minimum absolute atomic E-state index is 0.0625. The molecule has 0 heterocycles. The first kappa shape index (κ1) is 10.4. The summed E-state index contributed by atoms with van der Waals surface area (Å²) in [5.74, 6) is -0.0322. The van der Waals surface area contributed by atoms with Gasteiger partial charge in [0.1, 0.15) is 0 Å². The highest BCUT2D eigenvalue weighted by molar-refractivity contribution is 5.72. The molecular weight excluding hydrogens is 142 g/mol. The maximum atomic E-state index is 11.0. The first-order chi connectivity index (χ1) is 5.26. The molecule has 11 heavy (non-hydrogen) atoms. The Hall–Kier alpha value is -0.570. The lowest BCUT2D eigenvalue weighted by Gasteiger charge is -2.10. The Balaban J connectivity index is 3.65. The van der Waals surface area contributed by atoms with Gasteiger partial charge in [-0.3, -0.25) is 4.79 Å². The molecule has 0 spiro atoms. The van der Waals surface area contributed by atoms with Crippen molar-refractivity contribution in [2.24, 2.45) is 5.92 Å². The normalized spacial score (nSPS) is 12.6. The Morgan fingerprint density at radius 1 is 1.64 bits per heavy atom. The van der Waals surface area contributed by atoms with E-state index in [2.05, 4.69) is 10.1 Å². The summed E-state index contributed by atoms with van der Waals surface area (Å²) in [5, 5.41) is 3.00. The molecule has 0 radical (unpaired) electrons. The summed E-state index contributed by atoms with van der Waals surface area (Å²) in [6.45, 7) is 2.87. The molecule has 3 heteroatoms. The molecule has 1 unspecified atom stereocenters. The summed E-state index contributed by atoms with van der Waals surface area (Å²) in [5.41, 5.74) is 0. The van der Waals surface area contributed by atoms with Gasteiger partial charge in [-0.1, -0.05) is 6.92 Å². The maximum absolute atomic E-state index is 11.0. The van der Waals surface area contributed by atoms with Crippen LogP contribution in [0.25, 0.3) is 0 Å². The van der Waals surface area contributed by atoms with Crippen LogP contribution in [0.3, 0.4) is 0 Å². The molecule has 0 aromatic rings. The number of methoxy groups -OCH3 is 1. The highest BCUT2D eigenvalue weighted by Crippen LogP contribution is 2.08. The van der Waals surface area contributed by atoms with Gasteiger partial charge in [-0.2, -0.15) is 0 Å². The van der Waals surface area contributed by atoms with E-state index >= 15 is 0 Å². The molecule has 0 aromatic carbocycles. The zero-order chi connectivity index (χ0) is 8.69. The molecule has 1 atom stereocenters. The van der Waals surface area contributed by atoms with E-state index in [1.165, 1.54) is 7.11 Å². The van der Waals surface area contributed by atoms with Gasteiger partial charge in [-0.25, -0.2) is 0 Å². The van der Waals surface area contributed by atoms with Crippen LogP contribution >= 0.6 is 0 Å². The van der Waals surface area contributed by atoms with Gasteiger partial charge in [-0.05, 0) is 26.4 Å². The highest BCUT2D eigenvalue weighted by atomic mass is 16.5. The molecule has 0 aliphatic rings. The van der Waals surface area contributed by atoms with Crippen LogP contribution in [0, 0.1) is 5.92 Å². The van der Waals surface area contributed by atoms with Crippen LogP contribution < -0.4 is 5.32 Å². The summed E-state index contributed by atoms with van der Waals surface area (Å²) in [6.07, 6.45) is 1.72. The fraction of sp³-hybridized carbons (Fsp3) is 0.875. The summed E-state index contributed by atoms with van der Waals surface area (Å²) in [6, 6.07) is 0. The van der Waals surface area contributed by atoms with E-state index in [0.29, 0.717) is 0 Å². The Bertz CT molecular complexity index is 115. The van der Waals surface area contributed by atoms with Gasteiger partial charge >= 0.3 is 5.97 Å². The van der Waals surface area contributed by atoms with Gasteiger partial charge in [-0.15, -0.1) is 0 Å². The molecule has 0 rings (SSSR count). The molecule has 0 aliphatic carbocycles. The molecule has 0 saturated heterocycles. The fourth-order valence-corrected chi connectivity index (χ4v) is 0.974. The number of esters is 1. The Morgan fingerprint density at radius 2 is 2.27 bits per heavy atom. The molecule has 0 aromatic heterocycles. The average Bonchev–Trinajstić information content (AvgIpc) is 2.05. The molecule has 3 nitrogen and oxygen atoms in total. The largest absolute Gasteiger partial charge is 0.469 e. The van der Waals surface area contributed by atoms with E-state index in [-0.39, 0.29) is 11.9 Å². The van der Waals surface area contributed by atoms with Gasteiger partial charge in [0.15, 0.2) is 0 Å². The molecule has 0 amide bonds. The number of rotatable bonds is 5. The van der Waals surface area contributed by atoms with Crippen molar-refractivity contribution in [2.75, 3.05) is 20.7 Å². The summed E-state index contributed by atoms with van der Waals surface area (Å²) in [4.78, 5) is 11.0. The Morgan fingerprint density at radius 3 is 2.64 bits per heavy atom. The number of carbonyl (C=O) groups excluding carboxylic acids is 1. The molecule has 66 valence electrons. The first-order valence-corrected chi connectivity index (χ1v) is 3.98. The molecule has 0 saturated carbocycles. The van der Waals surface area contributed by atoms with E-state index in [0.717, 1.165) is 19.4 Å². The SMILES string of the molecule is CCC(CCNC)C(=O)OC. The third-order valence-corrected chi connectivity index (χ3v) is 1.77. The van der Waals surface area contributed by atoms with Crippen molar-refractivity contribution in [1.82, 2.24) is 5.32 Å². The summed E-state index contributed by atoms with van der Waals surface area (Å²) >= 11 is 0. The van der Waals surface area contributed by atoms with Crippen molar-refractivity contribution in [3.8, 4) is 0 Å². The van der Waals surface area contributed by atoms with Crippen molar-refractivity contribution in [2.45, 2.75) is 19.8 Å². The first-order valence-electron chi connectivity index (χ1n) is 3.98. The van der Waals surface area contributed by atoms with E-state index < -0.39 is 0 Å².